The average molecular weight is 357 g/mol. The molecule has 1 heterocycles. The molecule has 1 atom stereocenters. The van der Waals surface area contributed by atoms with E-state index >= 15 is 0 Å². The lowest BCUT2D eigenvalue weighted by atomic mass is 9.78. The van der Waals surface area contributed by atoms with E-state index in [0.29, 0.717) is 6.54 Å². The van der Waals surface area contributed by atoms with Crippen LogP contribution in [0.25, 0.3) is 0 Å². The van der Waals surface area contributed by atoms with E-state index in [1.807, 2.05) is 12.1 Å². The molecule has 1 saturated heterocycles. The van der Waals surface area contributed by atoms with Crippen LogP contribution < -0.4 is 15.4 Å². The van der Waals surface area contributed by atoms with Gasteiger partial charge in [0.15, 0.2) is 0 Å². The minimum absolute atomic E-state index is 0. The normalized spacial score (nSPS) is 22.4. The molecule has 1 aromatic rings. The van der Waals surface area contributed by atoms with Crippen LogP contribution in [0.4, 0.5) is 0 Å². The van der Waals surface area contributed by atoms with Crippen LogP contribution in [-0.2, 0) is 10.2 Å². The van der Waals surface area contributed by atoms with Crippen molar-refractivity contribution in [2.24, 2.45) is 0 Å². The first-order chi connectivity index (χ1) is 10.7. The maximum absolute atomic E-state index is 12.3. The van der Waals surface area contributed by atoms with Gasteiger partial charge in [-0.25, -0.2) is 0 Å². The molecule has 6 heteroatoms. The summed E-state index contributed by atoms with van der Waals surface area (Å²) in [4.78, 5) is 12.3. The summed E-state index contributed by atoms with van der Waals surface area (Å²) >= 11 is 1.78. The number of methoxy groups -OCH3 is 1. The molecule has 3 rings (SSSR count). The maximum atomic E-state index is 12.3. The van der Waals surface area contributed by atoms with Crippen LogP contribution in [0.3, 0.4) is 0 Å². The number of benzene rings is 1. The standard InChI is InChI=1S/C17H24N2O2S.ClH/c1-21-15-7-3-2-6-13(15)17(8-4-5-9-17)11-18-16(20)14-10-22-12-19-14;/h2-3,6-7,14,19H,4-5,8-12H2,1H3,(H,18,20);1H. The Morgan fingerprint density at radius 3 is 2.78 bits per heavy atom. The molecule has 1 aliphatic carbocycles. The summed E-state index contributed by atoms with van der Waals surface area (Å²) in [7, 11) is 1.72. The topological polar surface area (TPSA) is 50.4 Å². The highest BCUT2D eigenvalue weighted by Crippen LogP contribution is 2.44. The van der Waals surface area contributed by atoms with Crippen LogP contribution in [0, 0.1) is 0 Å². The molecule has 0 radical (unpaired) electrons. The lowest BCUT2D eigenvalue weighted by molar-refractivity contribution is -0.122. The van der Waals surface area contributed by atoms with Crippen molar-refractivity contribution in [3.8, 4) is 5.75 Å². The zero-order valence-corrected chi connectivity index (χ0v) is 15.1. The van der Waals surface area contributed by atoms with Gasteiger partial charge >= 0.3 is 0 Å². The van der Waals surface area contributed by atoms with Gasteiger partial charge in [-0.15, -0.1) is 24.2 Å². The second kappa shape index (κ2) is 8.27. The van der Waals surface area contributed by atoms with Crippen molar-refractivity contribution in [3.63, 3.8) is 0 Å². The van der Waals surface area contributed by atoms with E-state index in [9.17, 15) is 4.79 Å². The van der Waals surface area contributed by atoms with Crippen molar-refractivity contribution in [3.05, 3.63) is 29.8 Å². The summed E-state index contributed by atoms with van der Waals surface area (Å²) in [6.07, 6.45) is 4.65. The number of hydrogen-bond acceptors (Lipinski definition) is 4. The molecule has 1 unspecified atom stereocenters. The molecule has 2 fully saturated rings. The first-order valence-electron chi connectivity index (χ1n) is 7.97. The third-order valence-electron chi connectivity index (χ3n) is 4.87. The second-order valence-electron chi connectivity index (χ2n) is 6.18. The second-order valence-corrected chi connectivity index (χ2v) is 7.21. The number of rotatable bonds is 5. The molecule has 1 aliphatic heterocycles. The maximum Gasteiger partial charge on any atom is 0.238 e. The van der Waals surface area contributed by atoms with Crippen molar-refractivity contribution in [1.29, 1.82) is 0 Å². The molecule has 4 nitrogen and oxygen atoms in total. The van der Waals surface area contributed by atoms with Gasteiger partial charge in [-0.3, -0.25) is 10.1 Å². The molecule has 128 valence electrons. The van der Waals surface area contributed by atoms with Gasteiger partial charge in [0, 0.05) is 29.2 Å². The summed E-state index contributed by atoms with van der Waals surface area (Å²) in [5, 5.41) is 6.42. The molecule has 0 aromatic heterocycles. The van der Waals surface area contributed by atoms with E-state index in [2.05, 4.69) is 22.8 Å². The number of amides is 1. The molecule has 0 bridgehead atoms. The van der Waals surface area contributed by atoms with Gasteiger partial charge in [-0.1, -0.05) is 31.0 Å². The largest absolute Gasteiger partial charge is 0.496 e. The van der Waals surface area contributed by atoms with Gasteiger partial charge in [0.2, 0.25) is 5.91 Å². The van der Waals surface area contributed by atoms with E-state index in [1.54, 1.807) is 18.9 Å². The molecular weight excluding hydrogens is 332 g/mol. The van der Waals surface area contributed by atoms with Crippen LogP contribution in [0.1, 0.15) is 31.2 Å². The van der Waals surface area contributed by atoms with Crippen LogP contribution >= 0.6 is 24.2 Å². The minimum atomic E-state index is -0.0406. The highest BCUT2D eigenvalue weighted by molar-refractivity contribution is 7.99. The van der Waals surface area contributed by atoms with E-state index in [1.165, 1.54) is 18.4 Å². The fourth-order valence-corrected chi connectivity index (χ4v) is 4.56. The Morgan fingerprint density at radius 1 is 1.39 bits per heavy atom. The lowest BCUT2D eigenvalue weighted by Gasteiger charge is -2.31. The Bertz CT molecular complexity index is 529. The molecule has 23 heavy (non-hydrogen) atoms. The first-order valence-corrected chi connectivity index (χ1v) is 9.13. The Balaban J connectivity index is 0.00000192. The smallest absolute Gasteiger partial charge is 0.238 e. The molecule has 1 aromatic carbocycles. The van der Waals surface area contributed by atoms with Crippen molar-refractivity contribution < 1.29 is 9.53 Å². The summed E-state index contributed by atoms with van der Waals surface area (Å²) < 4.78 is 5.56. The SMILES string of the molecule is COc1ccccc1C1(CNC(=O)C2CSCN2)CCCC1.Cl. The predicted molar refractivity (Wildman–Crippen MR) is 97.6 cm³/mol. The van der Waals surface area contributed by atoms with Crippen molar-refractivity contribution in [1.82, 2.24) is 10.6 Å². The van der Waals surface area contributed by atoms with E-state index < -0.39 is 0 Å². The van der Waals surface area contributed by atoms with Crippen LogP contribution in [0.2, 0.25) is 0 Å². The lowest BCUT2D eigenvalue weighted by Crippen LogP contribution is -2.47. The molecule has 2 aliphatic rings. The van der Waals surface area contributed by atoms with Crippen molar-refractivity contribution in [2.45, 2.75) is 37.1 Å². The Hall–Kier alpha value is -0.910. The van der Waals surface area contributed by atoms with Crippen LogP contribution in [0.5, 0.6) is 5.75 Å². The monoisotopic (exact) mass is 356 g/mol. The fourth-order valence-electron chi connectivity index (χ4n) is 3.62. The zero-order chi connectivity index (χ0) is 15.4. The highest BCUT2D eigenvalue weighted by atomic mass is 35.5. The number of para-hydroxylation sites is 1. The number of ether oxygens (including phenoxy) is 1. The van der Waals surface area contributed by atoms with Gasteiger partial charge < -0.3 is 10.1 Å². The Kier molecular flexibility index (Phi) is 6.62. The Labute approximate surface area is 148 Å². The summed E-state index contributed by atoms with van der Waals surface area (Å²) in [6.45, 7) is 0.703. The summed E-state index contributed by atoms with van der Waals surface area (Å²) in [5.74, 6) is 2.81. The van der Waals surface area contributed by atoms with Crippen molar-refractivity contribution >= 4 is 30.1 Å². The summed E-state index contributed by atoms with van der Waals surface area (Å²) in [6, 6.07) is 8.20. The van der Waals surface area contributed by atoms with Gasteiger partial charge in [0.1, 0.15) is 5.75 Å². The average Bonchev–Trinajstić information content (AvgIpc) is 3.25. The van der Waals surface area contributed by atoms with Gasteiger partial charge in [-0.05, 0) is 18.9 Å². The molecule has 1 saturated carbocycles. The quantitative estimate of drug-likeness (QED) is 0.851. The van der Waals surface area contributed by atoms with Gasteiger partial charge in [0.05, 0.1) is 13.2 Å². The number of nitrogens with one attached hydrogen (secondary N) is 2. The highest BCUT2D eigenvalue weighted by Gasteiger charge is 2.38. The first kappa shape index (κ1) is 18.4. The van der Waals surface area contributed by atoms with Crippen LogP contribution in [0.15, 0.2) is 24.3 Å². The van der Waals surface area contributed by atoms with E-state index in [4.69, 9.17) is 4.74 Å². The number of hydrogen-bond donors (Lipinski definition) is 2. The minimum Gasteiger partial charge on any atom is -0.496 e. The fraction of sp³-hybridized carbons (Fsp3) is 0.588. The predicted octanol–water partition coefficient (Wildman–Crippen LogP) is 2.71. The van der Waals surface area contributed by atoms with Gasteiger partial charge in [0.25, 0.3) is 0 Å². The number of carbonyl (C=O) groups is 1. The number of halogens is 1. The number of thioether (sulfide) groups is 1. The van der Waals surface area contributed by atoms with E-state index in [0.717, 1.165) is 30.2 Å². The van der Waals surface area contributed by atoms with Gasteiger partial charge in [-0.2, -0.15) is 0 Å². The molecule has 2 N–H and O–H groups in total. The van der Waals surface area contributed by atoms with Crippen LogP contribution in [-0.4, -0.2) is 37.2 Å². The molecular formula is C17H25ClN2O2S. The molecule has 0 spiro atoms. The third kappa shape index (κ3) is 3.95. The third-order valence-corrected chi connectivity index (χ3v) is 5.81. The zero-order valence-electron chi connectivity index (χ0n) is 13.5. The van der Waals surface area contributed by atoms with E-state index in [-0.39, 0.29) is 29.8 Å². The Morgan fingerprint density at radius 2 is 2.13 bits per heavy atom. The molecule has 1 amide bonds. The summed E-state index contributed by atoms with van der Waals surface area (Å²) in [5.41, 5.74) is 1.26. The van der Waals surface area contributed by atoms with Crippen molar-refractivity contribution in [2.75, 3.05) is 25.3 Å². The number of carbonyl (C=O) groups excluding carboxylic acids is 1.